The maximum absolute atomic E-state index is 13.6. The average molecular weight is 1130 g/mol. The first-order valence-electron chi connectivity index (χ1n) is 24.5. The Labute approximate surface area is 433 Å². The van der Waals surface area contributed by atoms with E-state index < -0.39 is 261 Å². The molecule has 0 spiro atoms. The van der Waals surface area contributed by atoms with E-state index in [0.717, 1.165) is 0 Å². The third-order valence-electron chi connectivity index (χ3n) is 14.6. The van der Waals surface area contributed by atoms with Crippen LogP contribution >= 0.6 is 0 Å². The first-order valence-corrected chi connectivity index (χ1v) is 24.5. The van der Waals surface area contributed by atoms with Gasteiger partial charge in [-0.05, 0) is 0 Å². The van der Waals surface area contributed by atoms with Crippen molar-refractivity contribution < 1.29 is 173 Å². The summed E-state index contributed by atoms with van der Waals surface area (Å²) in [4.78, 5) is 13.6. The summed E-state index contributed by atoms with van der Waals surface area (Å²) in [5.41, 5.74) is 0. The summed E-state index contributed by atoms with van der Waals surface area (Å²) in [6.07, 6.45) is -69.1. The molecule has 0 aromatic carbocycles. The molecule has 0 amide bonds. The van der Waals surface area contributed by atoms with Crippen molar-refractivity contribution >= 4 is 5.78 Å². The van der Waals surface area contributed by atoms with Crippen LogP contribution in [0.3, 0.4) is 0 Å². The Morgan fingerprint density at radius 2 is 0.416 bits per heavy atom. The molecule has 15 aliphatic rings. The van der Waals surface area contributed by atoms with Gasteiger partial charge in [0.25, 0.3) is 0 Å². The predicted octanol–water partition coefficient (Wildman–Crippen LogP) is -15.0. The number of rotatable bonds is 7. The molecule has 9 unspecified atom stereocenters. The summed E-state index contributed by atoms with van der Waals surface area (Å²) in [5, 5.41) is 219. The highest BCUT2D eigenvalue weighted by molar-refractivity contribution is 5.87. The van der Waals surface area contributed by atoms with Crippen LogP contribution in [0.5, 0.6) is 0 Å². The summed E-state index contributed by atoms with van der Waals surface area (Å²) in [7, 11) is 0. The van der Waals surface area contributed by atoms with Gasteiger partial charge in [-0.2, -0.15) is 0 Å². The van der Waals surface area contributed by atoms with E-state index in [-0.39, 0.29) is 0 Å². The van der Waals surface area contributed by atoms with Crippen molar-refractivity contribution in [3.8, 4) is 0 Å². The van der Waals surface area contributed by atoms with E-state index in [2.05, 4.69) is 0 Å². The largest absolute Gasteiger partial charge is 0.394 e. The van der Waals surface area contributed by atoms with Crippen molar-refractivity contribution in [1.29, 1.82) is 0 Å². The number of ether oxygens (including phenoxy) is 14. The fraction of sp³-hybridized carbons (Fsp3) is 0.976. The molecule has 15 fully saturated rings. The maximum Gasteiger partial charge on any atom is 0.221 e. The zero-order valence-corrected chi connectivity index (χ0v) is 40.1. The van der Waals surface area contributed by atoms with Crippen LogP contribution in [0, 0.1) is 0 Å². The quantitative estimate of drug-likeness (QED) is 0.113. The van der Waals surface area contributed by atoms with Gasteiger partial charge in [0.15, 0.2) is 37.7 Å². The summed E-state index contributed by atoms with van der Waals surface area (Å²) in [5.74, 6) is -1.39. The Morgan fingerprint density at radius 1 is 0.234 bits per heavy atom. The van der Waals surface area contributed by atoms with E-state index in [9.17, 15) is 107 Å². The van der Waals surface area contributed by atoms with Gasteiger partial charge in [-0.3, -0.25) is 4.79 Å². The average Bonchev–Trinajstić information content (AvgIpc) is 3.42. The van der Waals surface area contributed by atoms with Crippen molar-refractivity contribution in [2.24, 2.45) is 0 Å². The molecule has 0 aromatic heterocycles. The van der Waals surface area contributed by atoms with Gasteiger partial charge in [0, 0.05) is 0 Å². The van der Waals surface area contributed by atoms with E-state index in [1.165, 1.54) is 0 Å². The van der Waals surface area contributed by atoms with E-state index in [0.29, 0.717) is 0 Å². The SMILES string of the molecule is O=C1C2O[C@H]3[C@H](O)[C@@H](O)C(OC4[C@@H](CO)OC(O[C@H]5[C@H](O)[C@@H](O)C(O[C@H]6[C@H](O)[C@@H](O)C(O[C@H]7[C@H](O)[C@@H](O)C(O[C@H]8[C@H](O)[C@@H](O)C(OC([C@@H]1O)[C@@H](CO)O2)O[C@@H]8CO)O[C@@H]7CO)O[C@@H]6CO)O[C@@H]5CO)[C@H](O)[C@H]4O)O[C@@H]3CO. The number of aliphatic hydroxyl groups is 20. The molecule has 0 aliphatic carbocycles. The number of carbonyl (C=O) groups is 1. The first kappa shape index (κ1) is 61.4. The van der Waals surface area contributed by atoms with Gasteiger partial charge in [-0.15, -0.1) is 0 Å². The fourth-order valence-electron chi connectivity index (χ4n) is 10.3. The number of ketones is 1. The van der Waals surface area contributed by atoms with Crippen molar-refractivity contribution in [1.82, 2.24) is 0 Å². The predicted molar refractivity (Wildman–Crippen MR) is 227 cm³/mol. The van der Waals surface area contributed by atoms with Gasteiger partial charge >= 0.3 is 0 Å². The van der Waals surface area contributed by atoms with Crippen LogP contribution in [-0.2, 0) is 71.1 Å². The first-order chi connectivity index (χ1) is 36.7. The molecule has 0 radical (unpaired) electrons. The van der Waals surface area contributed by atoms with E-state index in [1.54, 1.807) is 0 Å². The van der Waals surface area contributed by atoms with Crippen LogP contribution < -0.4 is 0 Å². The monoisotopic (exact) mass is 1130 g/mol. The van der Waals surface area contributed by atoms with Gasteiger partial charge in [0.1, 0.15) is 165 Å². The third-order valence-corrected chi connectivity index (χ3v) is 14.6. The minimum atomic E-state index is -2.36. The molecule has 77 heavy (non-hydrogen) atoms. The van der Waals surface area contributed by atoms with Crippen LogP contribution in [-0.4, -0.2) is 363 Å². The second-order valence-electron chi connectivity index (χ2n) is 19.5. The van der Waals surface area contributed by atoms with Crippen LogP contribution in [0.4, 0.5) is 0 Å². The Balaban J connectivity index is 1.08. The standard InChI is InChI=1S/C42H68O35/c43-1-8-29-15(50)22(57)36(64-8)72-30-9(2-44)66-38(24(59)17(30)52)74-32-11(4-46)68-40(26(61)19(32)54)76-34-13(6-48)70-42(28(63)21(34)56)77-35-14(7-49)69-41(27(62)20(35)55)75-33-12(5-47)67-39(25(60)18(33)53)73-31-10(3-45)65-37(71-29)23(58)16(31)51/h8-27,29-62H,1-7H2/t8-,9-,10-,11-,12-,13-,14-,15-,16-,17-,18-,19-,20-,21-,22-,23-,24-,25-,26-,27-,29-,30-,31-,32-,33?,34?,35-,36?,37?,38?,39?,40?,41?,42?/m1/s1. The molecule has 35 nitrogen and oxygen atoms in total. The maximum atomic E-state index is 13.6. The van der Waals surface area contributed by atoms with Gasteiger partial charge in [-0.25, -0.2) is 0 Å². The smallest absolute Gasteiger partial charge is 0.221 e. The Bertz CT molecular complexity index is 1870. The Hall–Kier alpha value is -1.69. The van der Waals surface area contributed by atoms with Crippen LogP contribution in [0.1, 0.15) is 0 Å². The molecule has 0 aromatic rings. The van der Waals surface area contributed by atoms with E-state index >= 15 is 0 Å². The second-order valence-corrected chi connectivity index (χ2v) is 19.5. The molecule has 0 saturated carbocycles. The van der Waals surface area contributed by atoms with Crippen molar-refractivity contribution in [3.05, 3.63) is 0 Å². The molecule has 14 bridgehead atoms. The molecule has 20 N–H and O–H groups in total. The summed E-state index contributed by atoms with van der Waals surface area (Å²) < 4.78 is 79.1. The minimum Gasteiger partial charge on any atom is -0.394 e. The van der Waals surface area contributed by atoms with Crippen LogP contribution in [0.15, 0.2) is 0 Å². The van der Waals surface area contributed by atoms with Gasteiger partial charge in [-0.1, -0.05) is 0 Å². The molecule has 15 heterocycles. The molecular formula is C42H68O35. The summed E-state index contributed by atoms with van der Waals surface area (Å²) >= 11 is 0. The highest BCUT2D eigenvalue weighted by Crippen LogP contribution is 2.38. The lowest BCUT2D eigenvalue weighted by Crippen LogP contribution is -2.68. The van der Waals surface area contributed by atoms with Crippen molar-refractivity contribution in [3.63, 3.8) is 0 Å². The van der Waals surface area contributed by atoms with E-state index in [4.69, 9.17) is 66.3 Å². The number of Topliss-reactive ketones (excluding diaryl/α,β-unsaturated/α-hetero) is 1. The van der Waals surface area contributed by atoms with Gasteiger partial charge in [0.05, 0.1) is 46.2 Å². The summed E-state index contributed by atoms with van der Waals surface area (Å²) in [6.45, 7) is -7.44. The lowest BCUT2D eigenvalue weighted by Gasteiger charge is -2.50. The second kappa shape index (κ2) is 25.8. The highest BCUT2D eigenvalue weighted by atomic mass is 16.8. The molecule has 15 aliphatic heterocycles. The van der Waals surface area contributed by atoms with Gasteiger partial charge in [0.2, 0.25) is 12.1 Å². The normalized spacial score (nSPS) is 54.4. The molecule has 15 saturated heterocycles. The molecule has 446 valence electrons. The Kier molecular flexibility index (Phi) is 20.6. The van der Waals surface area contributed by atoms with Crippen molar-refractivity contribution in [2.75, 3.05) is 46.2 Å². The van der Waals surface area contributed by atoms with Crippen LogP contribution in [0.25, 0.3) is 0 Å². The summed E-state index contributed by atoms with van der Waals surface area (Å²) in [6, 6.07) is 0. The molecular weight excluding hydrogens is 1060 g/mol. The molecule has 35 heteroatoms. The van der Waals surface area contributed by atoms with Crippen LogP contribution in [0.2, 0.25) is 0 Å². The number of carbonyl (C=O) groups excluding carboxylic acids is 1. The molecule has 34 atom stereocenters. The number of hydrogen-bond donors (Lipinski definition) is 20. The van der Waals surface area contributed by atoms with E-state index in [1.807, 2.05) is 0 Å². The number of hydrogen-bond acceptors (Lipinski definition) is 35. The Morgan fingerprint density at radius 3 is 0.623 bits per heavy atom. The zero-order chi connectivity index (χ0) is 56.1. The number of aliphatic hydroxyl groups excluding tert-OH is 20. The lowest BCUT2D eigenvalue weighted by molar-refractivity contribution is -0.396. The van der Waals surface area contributed by atoms with Gasteiger partial charge < -0.3 is 168 Å². The fourth-order valence-corrected chi connectivity index (χ4v) is 10.3. The number of fused-ring (bicyclic) bond motifs is 7. The van der Waals surface area contributed by atoms with Crippen molar-refractivity contribution in [2.45, 2.75) is 209 Å². The minimum absolute atomic E-state index is 1.05. The third kappa shape index (κ3) is 12.0. The topological polar surface area (TPSA) is 551 Å². The molecule has 15 rings (SSSR count). The lowest BCUT2D eigenvalue weighted by atomic mass is 9.95. The highest BCUT2D eigenvalue weighted by Gasteiger charge is 2.59. The zero-order valence-electron chi connectivity index (χ0n) is 40.1.